The number of halogens is 1. The van der Waals surface area contributed by atoms with E-state index in [0.29, 0.717) is 40.9 Å². The summed E-state index contributed by atoms with van der Waals surface area (Å²) in [6.07, 6.45) is 1.11. The lowest BCUT2D eigenvalue weighted by Gasteiger charge is -2.31. The van der Waals surface area contributed by atoms with Crippen molar-refractivity contribution >= 4 is 50.1 Å². The van der Waals surface area contributed by atoms with Gasteiger partial charge in [0.1, 0.15) is 11.8 Å². The molecule has 0 spiro atoms. The lowest BCUT2D eigenvalue weighted by atomic mass is 9.98. The molecule has 0 aliphatic carbocycles. The predicted molar refractivity (Wildman–Crippen MR) is 185 cm³/mol. The number of carbonyl (C=O) groups is 3. The van der Waals surface area contributed by atoms with E-state index in [4.69, 9.17) is 4.42 Å². The Morgan fingerprint density at radius 3 is 2.51 bits per heavy atom. The highest BCUT2D eigenvalue weighted by Gasteiger charge is 2.33. The Labute approximate surface area is 282 Å². The summed E-state index contributed by atoms with van der Waals surface area (Å²) in [4.78, 5) is 41.8. The zero-order valence-electron chi connectivity index (χ0n) is 26.8. The van der Waals surface area contributed by atoms with Crippen LogP contribution in [0, 0.1) is 0 Å². The third-order valence-corrected chi connectivity index (χ3v) is 8.94. The molecule has 0 saturated heterocycles. The van der Waals surface area contributed by atoms with Crippen LogP contribution in [0.15, 0.2) is 75.8 Å². The first-order chi connectivity index (χ1) is 22.5. The number of aliphatic hydroxyl groups excluding tert-OH is 2. The van der Waals surface area contributed by atoms with Crippen LogP contribution in [0.2, 0.25) is 0 Å². The van der Waals surface area contributed by atoms with Crippen LogP contribution in [0.1, 0.15) is 55.1 Å². The number of aryl methyl sites for hydroxylation is 1. The lowest BCUT2D eigenvalue weighted by molar-refractivity contribution is -0.128. The second kappa shape index (κ2) is 14.8. The zero-order valence-corrected chi connectivity index (χ0v) is 28.4. The van der Waals surface area contributed by atoms with Gasteiger partial charge in [-0.15, -0.1) is 0 Å². The molecule has 11 heteroatoms. The van der Waals surface area contributed by atoms with Crippen LogP contribution in [0.5, 0.6) is 0 Å². The molecule has 47 heavy (non-hydrogen) atoms. The van der Waals surface area contributed by atoms with Gasteiger partial charge in [-0.05, 0) is 78.9 Å². The molecule has 0 fully saturated rings. The van der Waals surface area contributed by atoms with Gasteiger partial charge in [0.15, 0.2) is 4.67 Å². The summed E-state index contributed by atoms with van der Waals surface area (Å²) >= 11 is 3.57. The average molecular weight is 706 g/mol. The molecule has 1 aliphatic rings. The molecule has 248 valence electrons. The van der Waals surface area contributed by atoms with Gasteiger partial charge in [0.05, 0.1) is 31.4 Å². The Morgan fingerprint density at radius 2 is 1.77 bits per heavy atom. The number of carbonyl (C=O) groups excluding carboxylic acids is 3. The fraction of sp³-hybridized carbons (Fsp3) is 0.361. The van der Waals surface area contributed by atoms with Gasteiger partial charge in [0, 0.05) is 40.5 Å². The number of para-hydroxylation sites is 1. The van der Waals surface area contributed by atoms with Crippen molar-refractivity contribution in [3.63, 3.8) is 0 Å². The summed E-state index contributed by atoms with van der Waals surface area (Å²) in [6, 6.07) is 19.7. The molecule has 5 rings (SSSR count). The number of benzene rings is 3. The molecule has 1 atom stereocenters. The van der Waals surface area contributed by atoms with Crippen molar-refractivity contribution in [2.24, 2.45) is 0 Å². The van der Waals surface area contributed by atoms with Crippen LogP contribution in [0.25, 0.3) is 22.1 Å². The molecule has 1 aromatic heterocycles. The van der Waals surface area contributed by atoms with E-state index in [1.165, 1.54) is 0 Å². The predicted octanol–water partition coefficient (Wildman–Crippen LogP) is 4.69. The van der Waals surface area contributed by atoms with Gasteiger partial charge in [-0.3, -0.25) is 14.4 Å². The van der Waals surface area contributed by atoms with Gasteiger partial charge < -0.3 is 35.5 Å². The Morgan fingerprint density at radius 1 is 1.04 bits per heavy atom. The smallest absolute Gasteiger partial charge is 0.252 e. The van der Waals surface area contributed by atoms with Crippen molar-refractivity contribution in [3.8, 4) is 11.3 Å². The molecule has 1 aliphatic heterocycles. The van der Waals surface area contributed by atoms with Crippen molar-refractivity contribution in [2.45, 2.75) is 64.2 Å². The maximum absolute atomic E-state index is 14.1. The number of fused-ring (bicyclic) bond motifs is 2. The minimum Gasteiger partial charge on any atom is -0.448 e. The standard InChI is InChI=1S/C36H41BrN4O6/c1-4-38-34(45)27-11-7-6-10-25(27)32-26-15-13-22(17-28(26)33(37)47-32)19-41-30-12-8-5-9-23(30)14-16-29(35(41)46)39-31(44)18-36(2,3)40-24(20-42)21-43/h5-13,15,17,24,29,40,42-43H,4,14,16,18-21H2,1-3H3,(H,38,45)(H,39,44). The molecule has 1 unspecified atom stereocenters. The molecular weight excluding hydrogens is 664 g/mol. The number of anilines is 1. The van der Waals surface area contributed by atoms with Crippen molar-refractivity contribution in [1.82, 2.24) is 16.0 Å². The number of furan rings is 1. The van der Waals surface area contributed by atoms with Gasteiger partial charge >= 0.3 is 0 Å². The highest BCUT2D eigenvalue weighted by Crippen LogP contribution is 2.39. The summed E-state index contributed by atoms with van der Waals surface area (Å²) in [7, 11) is 0. The van der Waals surface area contributed by atoms with E-state index in [-0.39, 0.29) is 43.9 Å². The van der Waals surface area contributed by atoms with E-state index in [9.17, 15) is 24.6 Å². The summed E-state index contributed by atoms with van der Waals surface area (Å²) in [5.74, 6) is -0.119. The van der Waals surface area contributed by atoms with E-state index in [2.05, 4.69) is 31.9 Å². The lowest BCUT2D eigenvalue weighted by Crippen LogP contribution is -2.53. The molecule has 2 heterocycles. The molecular formula is C36H41BrN4O6. The molecule has 3 amide bonds. The highest BCUT2D eigenvalue weighted by molar-refractivity contribution is 9.10. The minimum absolute atomic E-state index is 0.0526. The van der Waals surface area contributed by atoms with Gasteiger partial charge in [-0.2, -0.15) is 0 Å². The molecule has 0 bridgehead atoms. The summed E-state index contributed by atoms with van der Waals surface area (Å²) in [5.41, 5.74) is 3.16. The van der Waals surface area contributed by atoms with Crippen molar-refractivity contribution in [2.75, 3.05) is 24.7 Å². The second-order valence-electron chi connectivity index (χ2n) is 12.5. The number of rotatable bonds is 12. The van der Waals surface area contributed by atoms with E-state index >= 15 is 0 Å². The van der Waals surface area contributed by atoms with Gasteiger partial charge in [-0.25, -0.2) is 0 Å². The molecule has 3 aromatic carbocycles. The fourth-order valence-corrected chi connectivity index (χ4v) is 6.67. The Hall–Kier alpha value is -4.03. The van der Waals surface area contributed by atoms with Crippen LogP contribution >= 0.6 is 15.9 Å². The highest BCUT2D eigenvalue weighted by atomic mass is 79.9. The third kappa shape index (κ3) is 7.76. The minimum atomic E-state index is -0.737. The normalized spacial score (nSPS) is 15.1. The van der Waals surface area contributed by atoms with Crippen LogP contribution in [-0.2, 0) is 22.6 Å². The second-order valence-corrected chi connectivity index (χ2v) is 13.2. The molecule has 10 nitrogen and oxygen atoms in total. The Bertz CT molecular complexity index is 1770. The average Bonchev–Trinajstić information content (AvgIpc) is 3.32. The number of aliphatic hydroxyl groups is 2. The quantitative estimate of drug-likeness (QED) is 0.144. The first kappa shape index (κ1) is 34.3. The Balaban J connectivity index is 1.41. The van der Waals surface area contributed by atoms with E-state index in [1.54, 1.807) is 11.0 Å². The number of nitrogens with one attached hydrogen (secondary N) is 3. The first-order valence-corrected chi connectivity index (χ1v) is 16.6. The largest absolute Gasteiger partial charge is 0.448 e. The maximum atomic E-state index is 14.1. The third-order valence-electron chi connectivity index (χ3n) is 8.35. The first-order valence-electron chi connectivity index (χ1n) is 15.8. The van der Waals surface area contributed by atoms with Crippen LogP contribution in [0.4, 0.5) is 5.69 Å². The molecule has 0 radical (unpaired) electrons. The van der Waals surface area contributed by atoms with E-state index in [1.807, 2.05) is 81.4 Å². The van der Waals surface area contributed by atoms with E-state index < -0.39 is 17.6 Å². The molecule has 4 aromatic rings. The number of hydrogen-bond acceptors (Lipinski definition) is 7. The molecule has 5 N–H and O–H groups in total. The number of hydrogen-bond donors (Lipinski definition) is 5. The van der Waals surface area contributed by atoms with Gasteiger partial charge in [0.25, 0.3) is 5.91 Å². The number of nitrogens with zero attached hydrogens (tertiary/aromatic N) is 1. The summed E-state index contributed by atoms with van der Waals surface area (Å²) in [6.45, 7) is 5.75. The summed E-state index contributed by atoms with van der Waals surface area (Å²) in [5, 5.41) is 29.5. The fourth-order valence-electron chi connectivity index (χ4n) is 6.18. The van der Waals surface area contributed by atoms with E-state index in [0.717, 1.165) is 27.6 Å². The Kier molecular flexibility index (Phi) is 10.8. The van der Waals surface area contributed by atoms with Crippen molar-refractivity contribution < 1.29 is 29.0 Å². The topological polar surface area (TPSA) is 144 Å². The SMILES string of the molecule is CCNC(=O)c1ccccc1-c1oc(Br)c2cc(CN3C(=O)C(NC(=O)CC(C)(C)NC(CO)CO)CCc4ccccc43)ccc12. The summed E-state index contributed by atoms with van der Waals surface area (Å²) < 4.78 is 6.69. The van der Waals surface area contributed by atoms with Crippen LogP contribution in [0.3, 0.4) is 0 Å². The van der Waals surface area contributed by atoms with Crippen LogP contribution < -0.4 is 20.9 Å². The monoisotopic (exact) mass is 704 g/mol. The maximum Gasteiger partial charge on any atom is 0.252 e. The van der Waals surface area contributed by atoms with Crippen molar-refractivity contribution in [3.05, 3.63) is 88.1 Å². The molecule has 0 saturated carbocycles. The van der Waals surface area contributed by atoms with Crippen LogP contribution in [-0.4, -0.2) is 65.3 Å². The zero-order chi connectivity index (χ0) is 33.7. The number of amides is 3. The van der Waals surface area contributed by atoms with Gasteiger partial charge in [-0.1, -0.05) is 48.5 Å². The van der Waals surface area contributed by atoms with Gasteiger partial charge in [0.2, 0.25) is 11.8 Å². The van der Waals surface area contributed by atoms with Crippen molar-refractivity contribution in [1.29, 1.82) is 0 Å².